The van der Waals surface area contributed by atoms with E-state index in [1.165, 1.54) is 46.1 Å². The van der Waals surface area contributed by atoms with E-state index in [0.29, 0.717) is 11.8 Å². The van der Waals surface area contributed by atoms with Gasteiger partial charge in [0.25, 0.3) is 5.24 Å². The first kappa shape index (κ1) is 19.4. The number of amides is 1. The van der Waals surface area contributed by atoms with Gasteiger partial charge in [0.1, 0.15) is 0 Å². The monoisotopic (exact) mass is 394 g/mol. The maximum atomic E-state index is 12.4. The van der Waals surface area contributed by atoms with Crippen LogP contribution in [0.1, 0.15) is 67.2 Å². The molecule has 2 aliphatic heterocycles. The summed E-state index contributed by atoms with van der Waals surface area (Å²) in [6, 6.07) is 13.1. The zero-order chi connectivity index (χ0) is 19.7. The van der Waals surface area contributed by atoms with Crippen LogP contribution in [0, 0.1) is 6.92 Å². The molecule has 2 aromatic rings. The lowest BCUT2D eigenvalue weighted by Gasteiger charge is -2.43. The molecule has 4 heteroatoms. The summed E-state index contributed by atoms with van der Waals surface area (Å²) in [5.41, 5.74) is 7.89. The highest BCUT2D eigenvalue weighted by Gasteiger charge is 2.35. The third-order valence-corrected chi connectivity index (χ3v) is 7.20. The Kier molecular flexibility index (Phi) is 5.68. The molecule has 1 N–H and O–H groups in total. The van der Waals surface area contributed by atoms with Gasteiger partial charge in [0.15, 0.2) is 0 Å². The minimum atomic E-state index is 0.0597. The molecule has 148 valence electrons. The van der Waals surface area contributed by atoms with Crippen molar-refractivity contribution in [1.82, 2.24) is 0 Å². The number of hydrogen-bond donors (Lipinski definition) is 1. The van der Waals surface area contributed by atoms with Crippen LogP contribution >= 0.6 is 11.8 Å². The Hall–Kier alpha value is -1.94. The van der Waals surface area contributed by atoms with Crippen LogP contribution in [0.4, 0.5) is 16.2 Å². The fourth-order valence-corrected chi connectivity index (χ4v) is 5.30. The van der Waals surface area contributed by atoms with Gasteiger partial charge in [0.05, 0.1) is 0 Å². The second kappa shape index (κ2) is 8.20. The predicted octanol–water partition coefficient (Wildman–Crippen LogP) is 6.52. The molecule has 4 rings (SSSR count). The summed E-state index contributed by atoms with van der Waals surface area (Å²) in [4.78, 5) is 15.0. The van der Waals surface area contributed by atoms with Gasteiger partial charge in [-0.1, -0.05) is 55.9 Å². The lowest BCUT2D eigenvalue weighted by atomic mass is 9.76. The molecule has 2 atom stereocenters. The summed E-state index contributed by atoms with van der Waals surface area (Å²) in [5.74, 6) is 1.79. The van der Waals surface area contributed by atoms with Crippen molar-refractivity contribution in [2.45, 2.75) is 51.9 Å². The van der Waals surface area contributed by atoms with E-state index in [0.717, 1.165) is 37.4 Å². The molecule has 3 nitrogen and oxygen atoms in total. The minimum Gasteiger partial charge on any atom is -0.371 e. The fourth-order valence-electron chi connectivity index (χ4n) is 4.72. The summed E-state index contributed by atoms with van der Waals surface area (Å²) in [6.07, 6.45) is 3.33. The summed E-state index contributed by atoms with van der Waals surface area (Å²) < 4.78 is 0. The molecule has 2 aliphatic rings. The Bertz CT molecular complexity index is 865. The van der Waals surface area contributed by atoms with Gasteiger partial charge in [0.2, 0.25) is 0 Å². The van der Waals surface area contributed by atoms with E-state index in [-0.39, 0.29) is 5.24 Å². The number of hydrogen-bond acceptors (Lipinski definition) is 3. The smallest absolute Gasteiger partial charge is 0.283 e. The molecule has 0 unspecified atom stereocenters. The number of rotatable bonds is 4. The molecule has 0 fully saturated rings. The Morgan fingerprint density at radius 3 is 2.71 bits per heavy atom. The van der Waals surface area contributed by atoms with E-state index in [2.05, 4.69) is 67.4 Å². The molecule has 1 amide bonds. The van der Waals surface area contributed by atoms with Crippen molar-refractivity contribution in [3.05, 3.63) is 58.7 Å². The van der Waals surface area contributed by atoms with E-state index < -0.39 is 0 Å². The van der Waals surface area contributed by atoms with Crippen molar-refractivity contribution >= 4 is 28.4 Å². The summed E-state index contributed by atoms with van der Waals surface area (Å²) in [6.45, 7) is 8.87. The number of thioether (sulfide) groups is 1. The minimum absolute atomic E-state index is 0.0597. The van der Waals surface area contributed by atoms with Crippen molar-refractivity contribution in [1.29, 1.82) is 0 Å². The summed E-state index contributed by atoms with van der Waals surface area (Å²) in [7, 11) is 0. The molecular formula is C24H30N2OS. The normalized spacial score (nSPS) is 20.6. The Labute approximate surface area is 172 Å². The van der Waals surface area contributed by atoms with Gasteiger partial charge in [-0.25, -0.2) is 0 Å². The molecule has 0 saturated carbocycles. The van der Waals surface area contributed by atoms with Crippen molar-refractivity contribution in [3.63, 3.8) is 0 Å². The highest BCUT2D eigenvalue weighted by molar-refractivity contribution is 8.13. The van der Waals surface area contributed by atoms with Crippen molar-refractivity contribution in [2.24, 2.45) is 0 Å². The number of carbonyl (C=O) groups is 1. The van der Waals surface area contributed by atoms with Crippen molar-refractivity contribution < 1.29 is 4.79 Å². The zero-order valence-corrected chi connectivity index (χ0v) is 17.9. The number of nitrogens with zero attached hydrogens (tertiary/aromatic N) is 1. The van der Waals surface area contributed by atoms with Gasteiger partial charge in [-0.15, -0.1) is 0 Å². The zero-order valence-electron chi connectivity index (χ0n) is 17.1. The first-order chi connectivity index (χ1) is 13.6. The number of benzene rings is 2. The molecule has 0 radical (unpaired) electrons. The largest absolute Gasteiger partial charge is 0.371 e. The van der Waals surface area contributed by atoms with Gasteiger partial charge in [0, 0.05) is 36.1 Å². The summed E-state index contributed by atoms with van der Waals surface area (Å²) >= 11 is 1.38. The number of nitrogens with one attached hydrogen (secondary N) is 1. The van der Waals surface area contributed by atoms with Gasteiger partial charge in [-0.3, -0.25) is 4.79 Å². The maximum Gasteiger partial charge on any atom is 0.283 e. The van der Waals surface area contributed by atoms with Gasteiger partial charge in [-0.2, -0.15) is 0 Å². The van der Waals surface area contributed by atoms with Gasteiger partial charge in [-0.05, 0) is 60.4 Å². The van der Waals surface area contributed by atoms with Crippen LogP contribution in [-0.4, -0.2) is 24.1 Å². The van der Waals surface area contributed by atoms with Crippen molar-refractivity contribution in [2.75, 3.05) is 29.1 Å². The highest BCUT2D eigenvalue weighted by atomic mass is 32.2. The molecule has 2 heterocycles. The quantitative estimate of drug-likeness (QED) is 0.641. The maximum absolute atomic E-state index is 12.4. The van der Waals surface area contributed by atoms with Gasteiger partial charge < -0.3 is 10.2 Å². The molecular weight excluding hydrogens is 364 g/mol. The number of anilines is 2. The van der Waals surface area contributed by atoms with Crippen LogP contribution in [0.5, 0.6) is 0 Å². The molecule has 0 spiro atoms. The average molecular weight is 395 g/mol. The Balaban J connectivity index is 1.82. The van der Waals surface area contributed by atoms with E-state index in [1.807, 2.05) is 0 Å². The molecule has 0 aromatic heterocycles. The lowest BCUT2D eigenvalue weighted by molar-refractivity contribution is 0.269. The second-order valence-electron chi connectivity index (χ2n) is 8.09. The molecule has 0 aliphatic carbocycles. The lowest BCUT2D eigenvalue weighted by Crippen LogP contribution is -2.37. The van der Waals surface area contributed by atoms with Gasteiger partial charge >= 0.3 is 0 Å². The van der Waals surface area contributed by atoms with Crippen LogP contribution in [-0.2, 0) is 0 Å². The highest BCUT2D eigenvalue weighted by Crippen LogP contribution is 2.49. The van der Waals surface area contributed by atoms with Crippen molar-refractivity contribution in [3.8, 4) is 0 Å². The molecule has 0 bridgehead atoms. The van der Waals surface area contributed by atoms with E-state index >= 15 is 0 Å². The fraction of sp³-hybridized carbons (Fsp3) is 0.458. The van der Waals surface area contributed by atoms with Crippen LogP contribution in [0.15, 0.2) is 36.4 Å². The van der Waals surface area contributed by atoms with E-state index in [1.54, 1.807) is 0 Å². The topological polar surface area (TPSA) is 32.3 Å². The first-order valence-electron chi connectivity index (χ1n) is 10.5. The first-order valence-corrected chi connectivity index (χ1v) is 11.5. The summed E-state index contributed by atoms with van der Waals surface area (Å²) in [5, 5.41) is 3.27. The van der Waals surface area contributed by atoms with E-state index in [4.69, 9.17) is 0 Å². The molecule has 0 saturated heterocycles. The molecule has 2 aromatic carbocycles. The number of carbonyl (C=O) groups excluding carboxylic acids is 1. The molecule has 28 heavy (non-hydrogen) atoms. The SMILES string of the molecule is CCCSC(=O)Nc1cc2c3c(c1C)[C@H](c1ccccc1)CCN3CC[C@H]2C. The van der Waals surface area contributed by atoms with Crippen LogP contribution < -0.4 is 10.2 Å². The Morgan fingerprint density at radius 1 is 1.21 bits per heavy atom. The average Bonchev–Trinajstić information content (AvgIpc) is 2.72. The third-order valence-electron chi connectivity index (χ3n) is 6.23. The van der Waals surface area contributed by atoms with Crippen LogP contribution in [0.25, 0.3) is 0 Å². The van der Waals surface area contributed by atoms with E-state index in [9.17, 15) is 4.79 Å². The van der Waals surface area contributed by atoms with Crippen LogP contribution in [0.2, 0.25) is 0 Å². The Morgan fingerprint density at radius 2 is 1.96 bits per heavy atom. The predicted molar refractivity (Wildman–Crippen MR) is 121 cm³/mol. The van der Waals surface area contributed by atoms with Crippen LogP contribution in [0.3, 0.4) is 0 Å². The second-order valence-corrected chi connectivity index (χ2v) is 9.16. The standard InChI is InChI=1S/C24H30N2OS/c1-4-14-28-24(27)25-21-15-20-16(2)10-12-26-13-11-19(18-8-6-5-7-9-18)22(17(21)3)23(20)26/h5-9,15-16,19H,4,10-14H2,1-3H3,(H,25,27)/t16-,19+/m1/s1. The third kappa shape index (κ3) is 3.55.